The fourth-order valence-corrected chi connectivity index (χ4v) is 14.4. The van der Waals surface area contributed by atoms with E-state index in [1.165, 1.54) is 37.1 Å². The van der Waals surface area contributed by atoms with E-state index in [4.69, 9.17) is 15.0 Å². The number of aromatic nitrogens is 4. The van der Waals surface area contributed by atoms with Crippen molar-refractivity contribution in [2.75, 3.05) is 0 Å². The van der Waals surface area contributed by atoms with E-state index in [0.717, 1.165) is 44.5 Å². The van der Waals surface area contributed by atoms with Gasteiger partial charge in [-0.25, -0.2) is 15.0 Å². The first-order valence-corrected chi connectivity index (χ1v) is 23.4. The van der Waals surface area contributed by atoms with Crippen LogP contribution in [0.3, 0.4) is 0 Å². The highest BCUT2D eigenvalue weighted by atomic mass is 28.3. The second kappa shape index (κ2) is 16.1. The van der Waals surface area contributed by atoms with Crippen LogP contribution in [0, 0.1) is 6.92 Å². The van der Waals surface area contributed by atoms with Crippen LogP contribution in [0.25, 0.3) is 72.8 Å². The molecule has 4 nitrogen and oxygen atoms in total. The van der Waals surface area contributed by atoms with Crippen LogP contribution in [-0.2, 0) is 0 Å². The number of para-hydroxylation sites is 1. The lowest BCUT2D eigenvalue weighted by Crippen LogP contribution is -2.75. The SMILES string of the molecule is Cc1ccc2c(c1)c1ccccc1n2-c1ccc(-c2ccccc2[Si](c2ccccc2)(c2ccccc2)c2ccccc2)c(-c2nc(-c3ccccc3)nc(-c3ccccc3)n2)c1. The second-order valence-corrected chi connectivity index (χ2v) is 19.8. The third-order valence-corrected chi connectivity index (χ3v) is 17.1. The summed E-state index contributed by atoms with van der Waals surface area (Å²) in [6.07, 6.45) is 0. The molecule has 63 heavy (non-hydrogen) atoms. The Morgan fingerprint density at radius 3 is 1.41 bits per heavy atom. The molecule has 0 bridgehead atoms. The van der Waals surface area contributed by atoms with Gasteiger partial charge < -0.3 is 4.57 Å². The van der Waals surface area contributed by atoms with Crippen LogP contribution >= 0.6 is 0 Å². The predicted molar refractivity (Wildman–Crippen MR) is 264 cm³/mol. The Balaban J connectivity index is 1.25. The molecule has 0 atom stereocenters. The van der Waals surface area contributed by atoms with E-state index in [9.17, 15) is 0 Å². The van der Waals surface area contributed by atoms with Crippen molar-refractivity contribution in [1.82, 2.24) is 19.5 Å². The molecule has 0 spiro atoms. The number of hydrogen-bond donors (Lipinski definition) is 0. The first-order valence-electron chi connectivity index (χ1n) is 21.4. The van der Waals surface area contributed by atoms with E-state index in [1.54, 1.807) is 0 Å². The molecule has 0 aliphatic carbocycles. The molecule has 0 amide bonds. The zero-order valence-corrected chi connectivity index (χ0v) is 35.8. The molecule has 0 fully saturated rings. The second-order valence-electron chi connectivity index (χ2n) is 16.0. The van der Waals surface area contributed by atoms with Gasteiger partial charge in [0.25, 0.3) is 0 Å². The molecule has 0 aliphatic heterocycles. The fourth-order valence-electron chi connectivity index (χ4n) is 9.46. The van der Waals surface area contributed by atoms with Crippen molar-refractivity contribution in [3.8, 4) is 51.0 Å². The van der Waals surface area contributed by atoms with Crippen molar-refractivity contribution in [2.24, 2.45) is 0 Å². The van der Waals surface area contributed by atoms with Crippen LogP contribution in [0.4, 0.5) is 0 Å². The van der Waals surface area contributed by atoms with Crippen LogP contribution in [0.5, 0.6) is 0 Å². The summed E-state index contributed by atoms with van der Waals surface area (Å²) in [4.78, 5) is 15.9. The molecule has 298 valence electrons. The molecule has 0 radical (unpaired) electrons. The lowest BCUT2D eigenvalue weighted by atomic mass is 9.97. The summed E-state index contributed by atoms with van der Waals surface area (Å²) in [6, 6.07) is 85.2. The van der Waals surface area contributed by atoms with Crippen LogP contribution in [0.1, 0.15) is 5.56 Å². The summed E-state index contributed by atoms with van der Waals surface area (Å²) in [5.41, 5.74) is 9.52. The molecule has 11 rings (SSSR count). The maximum atomic E-state index is 5.39. The van der Waals surface area contributed by atoms with Crippen molar-refractivity contribution in [3.63, 3.8) is 0 Å². The Hall–Kier alpha value is -7.99. The van der Waals surface area contributed by atoms with Crippen molar-refractivity contribution in [2.45, 2.75) is 6.92 Å². The van der Waals surface area contributed by atoms with E-state index in [2.05, 4.69) is 212 Å². The van der Waals surface area contributed by atoms with Gasteiger partial charge in [0, 0.05) is 33.2 Å². The molecular formula is C58H42N4Si. The van der Waals surface area contributed by atoms with Crippen molar-refractivity contribution < 1.29 is 0 Å². The molecule has 11 aromatic rings. The van der Waals surface area contributed by atoms with E-state index in [1.807, 2.05) is 36.4 Å². The number of fused-ring (bicyclic) bond motifs is 3. The molecule has 0 unspecified atom stereocenters. The average molecular weight is 823 g/mol. The topological polar surface area (TPSA) is 43.6 Å². The molecule has 2 heterocycles. The van der Waals surface area contributed by atoms with Crippen molar-refractivity contribution in [1.29, 1.82) is 0 Å². The Kier molecular flexibility index (Phi) is 9.72. The third-order valence-electron chi connectivity index (χ3n) is 12.3. The number of aryl methyl sites for hydroxylation is 1. The fraction of sp³-hybridized carbons (Fsp3) is 0.0172. The van der Waals surface area contributed by atoms with Gasteiger partial charge in [-0.1, -0.05) is 212 Å². The Bertz CT molecular complexity index is 3230. The van der Waals surface area contributed by atoms with Gasteiger partial charge in [-0.2, -0.15) is 0 Å². The lowest BCUT2D eigenvalue weighted by molar-refractivity contribution is 1.07. The Labute approximate surface area is 368 Å². The summed E-state index contributed by atoms with van der Waals surface area (Å²) in [5, 5.41) is 7.67. The lowest BCUT2D eigenvalue weighted by Gasteiger charge is -2.36. The zero-order valence-electron chi connectivity index (χ0n) is 34.8. The molecule has 0 aliphatic rings. The number of hydrogen-bond acceptors (Lipinski definition) is 3. The van der Waals surface area contributed by atoms with Gasteiger partial charge in [0.2, 0.25) is 0 Å². The van der Waals surface area contributed by atoms with Crippen LogP contribution in [0.15, 0.2) is 237 Å². The monoisotopic (exact) mass is 822 g/mol. The van der Waals surface area contributed by atoms with Gasteiger partial charge in [0.05, 0.1) is 11.0 Å². The summed E-state index contributed by atoms with van der Waals surface area (Å²) in [7, 11) is -2.98. The molecule has 0 saturated heterocycles. The number of benzene rings is 9. The smallest absolute Gasteiger partial charge is 0.180 e. The summed E-state index contributed by atoms with van der Waals surface area (Å²) in [5.74, 6) is 1.85. The van der Waals surface area contributed by atoms with E-state index >= 15 is 0 Å². The molecule has 2 aromatic heterocycles. The minimum absolute atomic E-state index is 0.609. The van der Waals surface area contributed by atoms with E-state index in [0.29, 0.717) is 17.5 Å². The summed E-state index contributed by atoms with van der Waals surface area (Å²) in [6.45, 7) is 2.16. The predicted octanol–water partition coefficient (Wildman–Crippen LogP) is 11.3. The molecule has 0 N–H and O–H groups in total. The van der Waals surface area contributed by atoms with E-state index < -0.39 is 8.07 Å². The molecule has 0 saturated carbocycles. The van der Waals surface area contributed by atoms with Gasteiger partial charge in [-0.05, 0) is 69.1 Å². The standard InChI is InChI=1S/C58H42N4Si/c1-41-35-38-54-51(39-41)49-31-17-19-33-53(49)62(54)44-36-37-48(52(40-44)58-60-56(42-21-7-2-8-22-42)59-57(61-58)43-23-9-3-10-24-43)50-32-18-20-34-55(50)63(45-25-11-4-12-26-45,46-27-13-5-14-28-46)47-29-15-6-16-30-47/h2-40H,1H3. The van der Waals surface area contributed by atoms with Crippen molar-refractivity contribution >= 4 is 50.6 Å². The van der Waals surface area contributed by atoms with Crippen LogP contribution in [-0.4, -0.2) is 27.6 Å². The normalized spacial score (nSPS) is 11.6. The number of rotatable bonds is 9. The van der Waals surface area contributed by atoms with E-state index in [-0.39, 0.29) is 0 Å². The highest BCUT2D eigenvalue weighted by Gasteiger charge is 2.43. The average Bonchev–Trinajstić information content (AvgIpc) is 3.69. The maximum absolute atomic E-state index is 5.39. The third kappa shape index (κ3) is 6.67. The maximum Gasteiger partial charge on any atom is 0.180 e. The minimum Gasteiger partial charge on any atom is -0.309 e. The van der Waals surface area contributed by atoms with Crippen LogP contribution in [0.2, 0.25) is 0 Å². The van der Waals surface area contributed by atoms with Crippen LogP contribution < -0.4 is 20.7 Å². The summed E-state index contributed by atoms with van der Waals surface area (Å²) >= 11 is 0. The molecule has 9 aromatic carbocycles. The zero-order chi connectivity index (χ0) is 42.2. The number of nitrogens with zero attached hydrogens (tertiary/aromatic N) is 4. The largest absolute Gasteiger partial charge is 0.309 e. The highest BCUT2D eigenvalue weighted by molar-refractivity contribution is 7.20. The summed E-state index contributed by atoms with van der Waals surface area (Å²) < 4.78 is 2.39. The molecular weight excluding hydrogens is 781 g/mol. The Morgan fingerprint density at radius 1 is 0.349 bits per heavy atom. The van der Waals surface area contributed by atoms with Gasteiger partial charge >= 0.3 is 0 Å². The van der Waals surface area contributed by atoms with Gasteiger partial charge in [0.1, 0.15) is 0 Å². The Morgan fingerprint density at radius 2 is 0.825 bits per heavy atom. The van der Waals surface area contributed by atoms with Crippen molar-refractivity contribution in [3.05, 3.63) is 242 Å². The van der Waals surface area contributed by atoms with Gasteiger partial charge in [-0.15, -0.1) is 0 Å². The van der Waals surface area contributed by atoms with Gasteiger partial charge in [-0.3, -0.25) is 0 Å². The quantitative estimate of drug-likeness (QED) is 0.108. The minimum atomic E-state index is -2.98. The first-order chi connectivity index (χ1) is 31.2. The van der Waals surface area contributed by atoms with Gasteiger partial charge in [0.15, 0.2) is 25.5 Å². The highest BCUT2D eigenvalue weighted by Crippen LogP contribution is 2.38. The molecule has 5 heteroatoms. The first kappa shape index (κ1) is 38.0.